The quantitative estimate of drug-likeness (QED) is 0.777. The summed E-state index contributed by atoms with van der Waals surface area (Å²) >= 11 is 0.890. The van der Waals surface area contributed by atoms with Gasteiger partial charge in [-0.1, -0.05) is 42.5 Å². The molecule has 1 N–H and O–H groups in total. The highest BCUT2D eigenvalue weighted by molar-refractivity contribution is 8.18. The monoisotopic (exact) mass is 384 g/mol. The van der Waals surface area contributed by atoms with Crippen LogP contribution >= 0.6 is 11.8 Å². The van der Waals surface area contributed by atoms with Gasteiger partial charge >= 0.3 is 0 Å². The molecule has 138 valence electrons. The number of hydrogen-bond donors (Lipinski definition) is 1. The molecule has 1 heterocycles. The normalized spacial score (nSPS) is 15.4. The molecule has 0 spiro atoms. The molecule has 1 saturated heterocycles. The van der Waals surface area contributed by atoms with Crippen molar-refractivity contribution in [3.05, 3.63) is 76.4 Å². The Morgan fingerprint density at radius 1 is 1.07 bits per heavy atom. The average molecular weight is 384 g/mol. The van der Waals surface area contributed by atoms with Gasteiger partial charge in [0.15, 0.2) is 0 Å². The van der Waals surface area contributed by atoms with E-state index in [-0.39, 0.29) is 42.4 Å². The Morgan fingerprint density at radius 3 is 2.48 bits per heavy atom. The number of benzene rings is 2. The highest BCUT2D eigenvalue weighted by atomic mass is 32.2. The number of rotatable bonds is 6. The number of thioether (sulfide) groups is 1. The predicted molar refractivity (Wildman–Crippen MR) is 102 cm³/mol. The first kappa shape index (κ1) is 18.8. The molecule has 0 atom stereocenters. The number of halogens is 1. The molecular weight excluding hydrogens is 367 g/mol. The first-order chi connectivity index (χ1) is 13.0. The summed E-state index contributed by atoms with van der Waals surface area (Å²) in [5.74, 6) is -0.975. The second-order valence-electron chi connectivity index (χ2n) is 5.90. The van der Waals surface area contributed by atoms with Crippen LogP contribution in [0.5, 0.6) is 0 Å². The zero-order valence-corrected chi connectivity index (χ0v) is 15.2. The van der Waals surface area contributed by atoms with Gasteiger partial charge in [-0.25, -0.2) is 4.39 Å². The summed E-state index contributed by atoms with van der Waals surface area (Å²) in [6, 6.07) is 15.0. The van der Waals surface area contributed by atoms with Crippen LogP contribution in [0.2, 0.25) is 0 Å². The molecule has 2 aromatic rings. The fourth-order valence-corrected chi connectivity index (χ4v) is 3.42. The van der Waals surface area contributed by atoms with Gasteiger partial charge in [0.2, 0.25) is 5.91 Å². The summed E-state index contributed by atoms with van der Waals surface area (Å²) in [7, 11) is 0. The van der Waals surface area contributed by atoms with Crippen molar-refractivity contribution in [2.75, 3.05) is 13.1 Å². The van der Waals surface area contributed by atoms with Crippen molar-refractivity contribution >= 4 is 34.9 Å². The highest BCUT2D eigenvalue weighted by Crippen LogP contribution is 2.31. The van der Waals surface area contributed by atoms with E-state index in [1.807, 2.05) is 30.3 Å². The lowest BCUT2D eigenvalue weighted by Gasteiger charge is -2.13. The van der Waals surface area contributed by atoms with Crippen LogP contribution < -0.4 is 5.32 Å². The van der Waals surface area contributed by atoms with E-state index in [1.54, 1.807) is 18.2 Å². The topological polar surface area (TPSA) is 66.5 Å². The molecule has 0 radical (unpaired) electrons. The number of carbonyl (C=O) groups excluding carboxylic acids is 3. The summed E-state index contributed by atoms with van der Waals surface area (Å²) in [6.07, 6.45) is 1.79. The lowest BCUT2D eigenvalue weighted by molar-refractivity contribution is -0.124. The molecule has 27 heavy (non-hydrogen) atoms. The highest BCUT2D eigenvalue weighted by Gasteiger charge is 2.34. The Hall–Kier alpha value is -2.93. The molecule has 1 fully saturated rings. The molecule has 7 heteroatoms. The maximum atomic E-state index is 12.9. The maximum Gasteiger partial charge on any atom is 0.293 e. The first-order valence-electron chi connectivity index (χ1n) is 8.34. The number of hydrogen-bond acceptors (Lipinski definition) is 4. The predicted octanol–water partition coefficient (Wildman–Crippen LogP) is 3.22. The standard InChI is InChI=1S/C20H17FN2O3S/c21-16-8-6-15(7-9-16)13-18(24)22-10-11-23-19(25)17(27-20(23)26)12-14-4-2-1-3-5-14/h1-9,12H,10-11,13H2,(H,22,24). The number of amides is 3. The fourth-order valence-electron chi connectivity index (χ4n) is 2.55. The minimum absolute atomic E-state index is 0.103. The summed E-state index contributed by atoms with van der Waals surface area (Å²) in [4.78, 5) is 37.9. The summed E-state index contributed by atoms with van der Waals surface area (Å²) in [5, 5.41) is 2.32. The van der Waals surface area contributed by atoms with Crippen molar-refractivity contribution in [2.24, 2.45) is 0 Å². The van der Waals surface area contributed by atoms with Gasteiger partial charge in [-0.05, 0) is 41.1 Å². The smallest absolute Gasteiger partial charge is 0.293 e. The summed E-state index contributed by atoms with van der Waals surface area (Å²) in [5.41, 5.74) is 1.53. The maximum absolute atomic E-state index is 12.9. The molecule has 3 rings (SSSR count). The van der Waals surface area contributed by atoms with Crippen LogP contribution in [0.15, 0.2) is 59.5 Å². The molecule has 2 aromatic carbocycles. The van der Waals surface area contributed by atoms with E-state index in [0.717, 1.165) is 22.2 Å². The van der Waals surface area contributed by atoms with Gasteiger partial charge in [-0.3, -0.25) is 19.3 Å². The molecule has 3 amide bonds. The molecule has 0 aromatic heterocycles. The summed E-state index contributed by atoms with van der Waals surface area (Å²) in [6.45, 7) is 0.267. The second kappa shape index (κ2) is 8.64. The van der Waals surface area contributed by atoms with Crippen LogP contribution in [0, 0.1) is 5.82 Å². The van der Waals surface area contributed by atoms with E-state index in [9.17, 15) is 18.8 Å². The zero-order valence-electron chi connectivity index (χ0n) is 14.4. The van der Waals surface area contributed by atoms with Crippen LogP contribution in [-0.2, 0) is 16.0 Å². The first-order valence-corrected chi connectivity index (χ1v) is 9.16. The summed E-state index contributed by atoms with van der Waals surface area (Å²) < 4.78 is 12.9. The fraction of sp³-hybridized carbons (Fsp3) is 0.150. The van der Waals surface area contributed by atoms with E-state index < -0.39 is 0 Å². The van der Waals surface area contributed by atoms with Gasteiger partial charge in [-0.2, -0.15) is 0 Å². The van der Waals surface area contributed by atoms with E-state index in [0.29, 0.717) is 10.5 Å². The minimum Gasteiger partial charge on any atom is -0.354 e. The van der Waals surface area contributed by atoms with Gasteiger partial charge in [0.1, 0.15) is 5.82 Å². The molecule has 0 saturated carbocycles. The Morgan fingerprint density at radius 2 is 1.78 bits per heavy atom. The van der Waals surface area contributed by atoms with E-state index in [1.165, 1.54) is 12.1 Å². The van der Waals surface area contributed by atoms with Gasteiger partial charge in [0.05, 0.1) is 11.3 Å². The van der Waals surface area contributed by atoms with E-state index in [2.05, 4.69) is 5.32 Å². The Bertz CT molecular complexity index is 882. The van der Waals surface area contributed by atoms with E-state index in [4.69, 9.17) is 0 Å². The number of nitrogens with zero attached hydrogens (tertiary/aromatic N) is 1. The third kappa shape index (κ3) is 5.04. The van der Waals surface area contributed by atoms with Crippen LogP contribution in [0.1, 0.15) is 11.1 Å². The van der Waals surface area contributed by atoms with Crippen LogP contribution in [-0.4, -0.2) is 35.0 Å². The van der Waals surface area contributed by atoms with Crippen molar-refractivity contribution in [3.8, 4) is 0 Å². The Labute approximate surface area is 160 Å². The SMILES string of the molecule is O=C(Cc1ccc(F)cc1)NCCN1C(=O)SC(=Cc2ccccc2)C1=O. The van der Waals surface area contributed by atoms with Crippen molar-refractivity contribution in [2.45, 2.75) is 6.42 Å². The Kier molecular flexibility index (Phi) is 6.03. The van der Waals surface area contributed by atoms with Gasteiger partial charge < -0.3 is 5.32 Å². The largest absolute Gasteiger partial charge is 0.354 e. The third-order valence-corrected chi connectivity index (χ3v) is 4.81. The van der Waals surface area contributed by atoms with Gasteiger partial charge in [-0.15, -0.1) is 0 Å². The van der Waals surface area contributed by atoms with Crippen molar-refractivity contribution < 1.29 is 18.8 Å². The van der Waals surface area contributed by atoms with Crippen molar-refractivity contribution in [1.29, 1.82) is 0 Å². The van der Waals surface area contributed by atoms with Crippen LogP contribution in [0.3, 0.4) is 0 Å². The molecule has 1 aliphatic heterocycles. The number of nitrogens with one attached hydrogen (secondary N) is 1. The molecular formula is C20H17FN2O3S. The van der Waals surface area contributed by atoms with Crippen molar-refractivity contribution in [3.63, 3.8) is 0 Å². The molecule has 0 bridgehead atoms. The van der Waals surface area contributed by atoms with Crippen LogP contribution in [0.4, 0.5) is 9.18 Å². The third-order valence-electron chi connectivity index (χ3n) is 3.91. The average Bonchev–Trinajstić information content (AvgIpc) is 2.92. The lowest BCUT2D eigenvalue weighted by atomic mass is 10.1. The van der Waals surface area contributed by atoms with E-state index >= 15 is 0 Å². The molecule has 1 aliphatic rings. The van der Waals surface area contributed by atoms with Gasteiger partial charge in [0.25, 0.3) is 11.1 Å². The van der Waals surface area contributed by atoms with Crippen LogP contribution in [0.25, 0.3) is 6.08 Å². The zero-order chi connectivity index (χ0) is 19.2. The second-order valence-corrected chi connectivity index (χ2v) is 6.89. The van der Waals surface area contributed by atoms with Crippen molar-refractivity contribution in [1.82, 2.24) is 10.2 Å². The molecule has 0 unspecified atom stereocenters. The lowest BCUT2D eigenvalue weighted by Crippen LogP contribution is -2.37. The number of imide groups is 1. The molecule has 0 aliphatic carbocycles. The van der Waals surface area contributed by atoms with Gasteiger partial charge in [0, 0.05) is 13.1 Å². The Balaban J connectivity index is 1.51. The minimum atomic E-state index is -0.360. The number of carbonyl (C=O) groups is 3. The molecule has 5 nitrogen and oxygen atoms in total.